The second-order valence-electron chi connectivity index (χ2n) is 4.89. The smallest absolute Gasteiger partial charge is 0.224 e. The van der Waals surface area contributed by atoms with Crippen molar-refractivity contribution < 1.29 is 13.2 Å². The van der Waals surface area contributed by atoms with E-state index in [0.717, 1.165) is 0 Å². The van der Waals surface area contributed by atoms with E-state index in [4.69, 9.17) is 16.3 Å². The Kier molecular flexibility index (Phi) is 3.15. The first-order chi connectivity index (χ1) is 8.96. The van der Waals surface area contributed by atoms with Crippen molar-refractivity contribution >= 4 is 27.3 Å². The van der Waals surface area contributed by atoms with Gasteiger partial charge in [0.05, 0.1) is 36.5 Å². The van der Waals surface area contributed by atoms with Crippen molar-refractivity contribution in [1.29, 1.82) is 0 Å². The summed E-state index contributed by atoms with van der Waals surface area (Å²) in [6.45, 7) is 3.91. The zero-order valence-electron chi connectivity index (χ0n) is 10.5. The SMILES string of the molecule is CC1COCCN1c1nc(Cl)nc2c1CS(=O)(=O)C2. The summed E-state index contributed by atoms with van der Waals surface area (Å²) in [6, 6.07) is 0.145. The van der Waals surface area contributed by atoms with E-state index < -0.39 is 9.84 Å². The number of sulfone groups is 1. The molecule has 6 nitrogen and oxygen atoms in total. The van der Waals surface area contributed by atoms with Crippen LogP contribution in [0.25, 0.3) is 0 Å². The van der Waals surface area contributed by atoms with E-state index in [2.05, 4.69) is 14.9 Å². The Labute approximate surface area is 116 Å². The van der Waals surface area contributed by atoms with Gasteiger partial charge in [-0.3, -0.25) is 0 Å². The number of aromatic nitrogens is 2. The molecule has 8 heteroatoms. The lowest BCUT2D eigenvalue weighted by Crippen LogP contribution is -2.44. The number of fused-ring (bicyclic) bond motifs is 1. The third-order valence-electron chi connectivity index (χ3n) is 3.40. The van der Waals surface area contributed by atoms with Crippen LogP contribution in [0.1, 0.15) is 18.2 Å². The van der Waals surface area contributed by atoms with Crippen LogP contribution in [0.2, 0.25) is 5.28 Å². The second kappa shape index (κ2) is 4.57. The normalized spacial score (nSPS) is 25.4. The van der Waals surface area contributed by atoms with Crippen LogP contribution in [-0.4, -0.2) is 44.2 Å². The summed E-state index contributed by atoms with van der Waals surface area (Å²) < 4.78 is 28.9. The van der Waals surface area contributed by atoms with Crippen molar-refractivity contribution in [1.82, 2.24) is 9.97 Å². The first-order valence-electron chi connectivity index (χ1n) is 6.06. The Morgan fingerprint density at radius 3 is 2.89 bits per heavy atom. The van der Waals surface area contributed by atoms with E-state index in [-0.39, 0.29) is 22.8 Å². The molecule has 0 bridgehead atoms. The van der Waals surface area contributed by atoms with Gasteiger partial charge in [-0.05, 0) is 18.5 Å². The fraction of sp³-hybridized carbons (Fsp3) is 0.636. The minimum absolute atomic E-state index is 0.00108. The van der Waals surface area contributed by atoms with E-state index in [1.54, 1.807) is 0 Å². The summed E-state index contributed by atoms with van der Waals surface area (Å²) in [5.41, 5.74) is 1.23. The van der Waals surface area contributed by atoms with Crippen molar-refractivity contribution in [2.75, 3.05) is 24.7 Å². The minimum atomic E-state index is -3.12. The van der Waals surface area contributed by atoms with E-state index in [1.807, 2.05) is 6.92 Å². The zero-order valence-corrected chi connectivity index (χ0v) is 12.0. The van der Waals surface area contributed by atoms with Crippen LogP contribution in [0, 0.1) is 0 Å². The van der Waals surface area contributed by atoms with Gasteiger partial charge in [0.1, 0.15) is 5.82 Å². The molecule has 0 saturated carbocycles. The maximum Gasteiger partial charge on any atom is 0.224 e. The van der Waals surface area contributed by atoms with Crippen LogP contribution in [0.4, 0.5) is 5.82 Å². The molecule has 1 fully saturated rings. The van der Waals surface area contributed by atoms with Crippen LogP contribution in [0.5, 0.6) is 0 Å². The predicted molar refractivity (Wildman–Crippen MR) is 71.0 cm³/mol. The molecular weight excluding hydrogens is 290 g/mol. The summed E-state index contributed by atoms with van der Waals surface area (Å²) in [7, 11) is -3.12. The highest BCUT2D eigenvalue weighted by molar-refractivity contribution is 7.90. The summed E-state index contributed by atoms with van der Waals surface area (Å²) >= 11 is 5.91. The maximum atomic E-state index is 11.8. The minimum Gasteiger partial charge on any atom is -0.377 e. The Balaban J connectivity index is 2.07. The maximum absolute atomic E-state index is 11.8. The third kappa shape index (κ3) is 2.42. The Hall–Kier alpha value is -0.920. The van der Waals surface area contributed by atoms with Crippen LogP contribution in [0.3, 0.4) is 0 Å². The second-order valence-corrected chi connectivity index (χ2v) is 7.29. The van der Waals surface area contributed by atoms with Gasteiger partial charge in [0, 0.05) is 12.1 Å². The fourth-order valence-electron chi connectivity index (χ4n) is 2.51. The van der Waals surface area contributed by atoms with Gasteiger partial charge in [0.25, 0.3) is 0 Å². The molecule has 3 rings (SSSR count). The summed E-state index contributed by atoms with van der Waals surface area (Å²) in [6.07, 6.45) is 0. The highest BCUT2D eigenvalue weighted by Crippen LogP contribution is 2.33. The molecule has 1 aromatic heterocycles. The fourth-order valence-corrected chi connectivity index (χ4v) is 4.19. The predicted octanol–water partition coefficient (Wildman–Crippen LogP) is 0.783. The molecular formula is C11H14ClN3O3S. The highest BCUT2D eigenvalue weighted by atomic mass is 35.5. The number of hydrogen-bond donors (Lipinski definition) is 0. The standard InChI is InChI=1S/C11H14ClN3O3S/c1-7-4-18-3-2-15(7)10-8-5-19(16,17)6-9(8)13-11(12)14-10/h7H,2-6H2,1H3. The summed E-state index contributed by atoms with van der Waals surface area (Å²) in [4.78, 5) is 10.3. The quantitative estimate of drug-likeness (QED) is 0.714. The van der Waals surface area contributed by atoms with Gasteiger partial charge in [-0.15, -0.1) is 0 Å². The molecule has 0 amide bonds. The molecule has 1 aromatic rings. The molecule has 0 radical (unpaired) electrons. The molecule has 3 heterocycles. The van der Waals surface area contributed by atoms with E-state index >= 15 is 0 Å². The number of ether oxygens (including phenoxy) is 1. The monoisotopic (exact) mass is 303 g/mol. The van der Waals surface area contributed by atoms with Crippen LogP contribution < -0.4 is 4.90 Å². The van der Waals surface area contributed by atoms with Gasteiger partial charge >= 0.3 is 0 Å². The molecule has 2 aliphatic rings. The zero-order chi connectivity index (χ0) is 13.6. The molecule has 2 aliphatic heterocycles. The third-order valence-corrected chi connectivity index (χ3v) is 5.02. The van der Waals surface area contributed by atoms with Crippen LogP contribution >= 0.6 is 11.6 Å². The average Bonchev–Trinajstić information content (AvgIpc) is 2.63. The van der Waals surface area contributed by atoms with E-state index in [9.17, 15) is 8.42 Å². The van der Waals surface area contributed by atoms with Crippen LogP contribution in [-0.2, 0) is 26.1 Å². The van der Waals surface area contributed by atoms with Gasteiger partial charge in [0.2, 0.25) is 5.28 Å². The number of morpholine rings is 1. The molecule has 104 valence electrons. The molecule has 19 heavy (non-hydrogen) atoms. The number of rotatable bonds is 1. The Morgan fingerprint density at radius 2 is 2.16 bits per heavy atom. The summed E-state index contributed by atoms with van der Waals surface area (Å²) in [5.74, 6) is 0.599. The number of anilines is 1. The highest BCUT2D eigenvalue weighted by Gasteiger charge is 2.33. The average molecular weight is 304 g/mol. The van der Waals surface area contributed by atoms with E-state index in [0.29, 0.717) is 36.8 Å². The molecule has 0 spiro atoms. The number of hydrogen-bond acceptors (Lipinski definition) is 6. The lowest BCUT2D eigenvalue weighted by Gasteiger charge is -2.35. The molecule has 0 aliphatic carbocycles. The van der Waals surface area contributed by atoms with Crippen molar-refractivity contribution in [2.24, 2.45) is 0 Å². The van der Waals surface area contributed by atoms with Crippen LogP contribution in [0.15, 0.2) is 0 Å². The lowest BCUT2D eigenvalue weighted by molar-refractivity contribution is 0.0984. The Bertz CT molecular complexity index is 620. The largest absolute Gasteiger partial charge is 0.377 e. The number of halogens is 1. The summed E-state index contributed by atoms with van der Waals surface area (Å²) in [5, 5.41) is 0.101. The van der Waals surface area contributed by atoms with Crippen molar-refractivity contribution in [2.45, 2.75) is 24.5 Å². The van der Waals surface area contributed by atoms with Gasteiger partial charge in [-0.1, -0.05) is 0 Å². The van der Waals surface area contributed by atoms with Gasteiger partial charge in [-0.2, -0.15) is 0 Å². The molecule has 0 N–H and O–H groups in total. The topological polar surface area (TPSA) is 72.4 Å². The van der Waals surface area contributed by atoms with E-state index in [1.165, 1.54) is 0 Å². The molecule has 1 atom stereocenters. The number of nitrogens with zero attached hydrogens (tertiary/aromatic N) is 3. The van der Waals surface area contributed by atoms with Gasteiger partial charge < -0.3 is 9.64 Å². The molecule has 0 aromatic carbocycles. The Morgan fingerprint density at radius 1 is 1.37 bits per heavy atom. The van der Waals surface area contributed by atoms with Crippen molar-refractivity contribution in [3.8, 4) is 0 Å². The molecule has 1 unspecified atom stereocenters. The first-order valence-corrected chi connectivity index (χ1v) is 8.26. The van der Waals surface area contributed by atoms with Crippen molar-refractivity contribution in [3.05, 3.63) is 16.5 Å². The first kappa shape index (κ1) is 13.1. The van der Waals surface area contributed by atoms with Crippen molar-refractivity contribution in [3.63, 3.8) is 0 Å². The van der Waals surface area contributed by atoms with Gasteiger partial charge in [0.15, 0.2) is 9.84 Å². The van der Waals surface area contributed by atoms with Gasteiger partial charge in [-0.25, -0.2) is 18.4 Å². The molecule has 1 saturated heterocycles. The lowest BCUT2D eigenvalue weighted by atomic mass is 10.2.